The zero-order chi connectivity index (χ0) is 14.6. The zero-order valence-electron chi connectivity index (χ0n) is 14.3. The molecule has 0 spiro atoms. The summed E-state index contributed by atoms with van der Waals surface area (Å²) in [6, 6.07) is 0. The molecule has 0 radical (unpaired) electrons. The maximum absolute atomic E-state index is 4.65. The normalized spacial score (nSPS) is 19.8. The molecule has 2 heterocycles. The van der Waals surface area contributed by atoms with Crippen molar-refractivity contribution in [2.75, 3.05) is 13.1 Å². The molecule has 6 heteroatoms. The third-order valence-corrected chi connectivity index (χ3v) is 4.21. The van der Waals surface area contributed by atoms with Crippen molar-refractivity contribution < 1.29 is 0 Å². The predicted molar refractivity (Wildman–Crippen MR) is 99.8 cm³/mol. The van der Waals surface area contributed by atoms with Gasteiger partial charge in [-0.25, -0.2) is 0 Å². The van der Waals surface area contributed by atoms with Crippen molar-refractivity contribution >= 4 is 36.2 Å². The standard InChI is InChI=1S/C16H28N4.2ClH/c1-15(2,13-9-5-7-11-17-13)19-20-16(3,4)14-10-6-8-12-18-14;;/h5-12H2,1-4H3;2*1H/b20-19+;;. The van der Waals surface area contributed by atoms with Crippen molar-refractivity contribution in [2.24, 2.45) is 20.2 Å². The number of nitrogens with zero attached hydrogens (tertiary/aromatic N) is 4. The quantitative estimate of drug-likeness (QED) is 0.635. The first kappa shape index (κ1) is 21.5. The van der Waals surface area contributed by atoms with E-state index in [0.717, 1.165) is 25.9 Å². The van der Waals surface area contributed by atoms with Crippen LogP contribution in [0.15, 0.2) is 20.2 Å². The van der Waals surface area contributed by atoms with Gasteiger partial charge in [0.1, 0.15) is 11.1 Å². The summed E-state index contributed by atoms with van der Waals surface area (Å²) < 4.78 is 0. The number of aliphatic imine (C=N–C) groups is 2. The lowest BCUT2D eigenvalue weighted by Gasteiger charge is -2.28. The zero-order valence-corrected chi connectivity index (χ0v) is 15.9. The first-order chi connectivity index (χ1) is 9.42. The van der Waals surface area contributed by atoms with Crippen molar-refractivity contribution in [3.63, 3.8) is 0 Å². The Bertz CT molecular complexity index is 399. The predicted octanol–water partition coefficient (Wildman–Crippen LogP) is 5.09. The van der Waals surface area contributed by atoms with E-state index in [1.54, 1.807) is 0 Å². The number of hydrogen-bond donors (Lipinski definition) is 0. The second kappa shape index (κ2) is 8.97. The van der Waals surface area contributed by atoms with E-state index in [9.17, 15) is 0 Å². The molecule has 0 aromatic heterocycles. The largest absolute Gasteiger partial charge is 0.292 e. The highest BCUT2D eigenvalue weighted by Gasteiger charge is 2.30. The molecular weight excluding hydrogens is 319 g/mol. The number of hydrogen-bond acceptors (Lipinski definition) is 4. The van der Waals surface area contributed by atoms with Crippen LogP contribution in [0.1, 0.15) is 66.2 Å². The first-order valence-corrected chi connectivity index (χ1v) is 7.93. The first-order valence-electron chi connectivity index (χ1n) is 7.93. The fourth-order valence-corrected chi connectivity index (χ4v) is 2.76. The topological polar surface area (TPSA) is 49.4 Å². The highest BCUT2D eigenvalue weighted by atomic mass is 35.5. The fourth-order valence-electron chi connectivity index (χ4n) is 2.76. The van der Waals surface area contributed by atoms with Crippen molar-refractivity contribution in [1.82, 2.24) is 0 Å². The Kier molecular flexibility index (Phi) is 8.78. The average molecular weight is 349 g/mol. The van der Waals surface area contributed by atoms with Crippen LogP contribution in [-0.4, -0.2) is 35.6 Å². The molecule has 22 heavy (non-hydrogen) atoms. The van der Waals surface area contributed by atoms with Crippen LogP contribution in [-0.2, 0) is 0 Å². The highest BCUT2D eigenvalue weighted by Crippen LogP contribution is 2.25. The molecule has 2 aliphatic rings. The van der Waals surface area contributed by atoms with Crippen LogP contribution in [0.2, 0.25) is 0 Å². The minimum absolute atomic E-state index is 0. The molecule has 0 atom stereocenters. The summed E-state index contributed by atoms with van der Waals surface area (Å²) in [7, 11) is 0. The number of azo groups is 1. The SMILES string of the molecule is CC(C)(/N=N/C(C)(C)C1=NCCCC1)C1=NCCCC1.Cl.Cl. The van der Waals surface area contributed by atoms with Gasteiger partial charge in [-0.15, -0.1) is 24.8 Å². The molecule has 0 bridgehead atoms. The molecule has 2 rings (SSSR count). The molecular formula is C16H30Cl2N4. The number of rotatable bonds is 4. The van der Waals surface area contributed by atoms with Crippen LogP contribution < -0.4 is 0 Å². The van der Waals surface area contributed by atoms with E-state index >= 15 is 0 Å². The van der Waals surface area contributed by atoms with Crippen molar-refractivity contribution in [3.8, 4) is 0 Å². The van der Waals surface area contributed by atoms with E-state index in [2.05, 4.69) is 47.9 Å². The Balaban J connectivity index is 0.00000220. The molecule has 2 aliphatic heterocycles. The lowest BCUT2D eigenvalue weighted by Crippen LogP contribution is -2.35. The molecule has 0 unspecified atom stereocenters. The summed E-state index contributed by atoms with van der Waals surface area (Å²) >= 11 is 0. The molecule has 0 aromatic rings. The van der Waals surface area contributed by atoms with Crippen LogP contribution in [0, 0.1) is 0 Å². The maximum atomic E-state index is 4.65. The lowest BCUT2D eigenvalue weighted by molar-refractivity contribution is 0.536. The van der Waals surface area contributed by atoms with Gasteiger partial charge in [-0.2, -0.15) is 10.2 Å². The summed E-state index contributed by atoms with van der Waals surface area (Å²) in [5, 5.41) is 9.28. The van der Waals surface area contributed by atoms with Gasteiger partial charge in [-0.3, -0.25) is 9.98 Å². The lowest BCUT2D eigenvalue weighted by atomic mass is 9.92. The number of halogens is 2. The van der Waals surface area contributed by atoms with Gasteiger partial charge in [0.15, 0.2) is 0 Å². The Labute approximate surface area is 147 Å². The van der Waals surface area contributed by atoms with Gasteiger partial charge in [0.2, 0.25) is 0 Å². The smallest absolute Gasteiger partial charge is 0.113 e. The molecule has 4 nitrogen and oxygen atoms in total. The molecule has 0 N–H and O–H groups in total. The van der Waals surface area contributed by atoms with Gasteiger partial charge in [0.25, 0.3) is 0 Å². The van der Waals surface area contributed by atoms with Crippen molar-refractivity contribution in [1.29, 1.82) is 0 Å². The van der Waals surface area contributed by atoms with Crippen LogP contribution in [0.3, 0.4) is 0 Å². The third-order valence-electron chi connectivity index (χ3n) is 4.21. The van der Waals surface area contributed by atoms with Crippen LogP contribution in [0.25, 0.3) is 0 Å². The van der Waals surface area contributed by atoms with E-state index in [-0.39, 0.29) is 35.9 Å². The monoisotopic (exact) mass is 348 g/mol. The van der Waals surface area contributed by atoms with Gasteiger partial charge < -0.3 is 0 Å². The van der Waals surface area contributed by atoms with E-state index in [4.69, 9.17) is 0 Å². The molecule has 0 saturated carbocycles. The Morgan fingerprint density at radius 1 is 0.682 bits per heavy atom. The molecule has 128 valence electrons. The Hall–Kier alpha value is -0.480. The fraction of sp³-hybridized carbons (Fsp3) is 0.875. The second-order valence-corrected chi connectivity index (χ2v) is 6.89. The average Bonchev–Trinajstić information content (AvgIpc) is 2.47. The van der Waals surface area contributed by atoms with E-state index in [0.29, 0.717) is 0 Å². The van der Waals surface area contributed by atoms with E-state index < -0.39 is 0 Å². The second-order valence-electron chi connectivity index (χ2n) is 6.89. The maximum Gasteiger partial charge on any atom is 0.113 e. The summed E-state index contributed by atoms with van der Waals surface area (Å²) in [5.41, 5.74) is 1.86. The van der Waals surface area contributed by atoms with E-state index in [1.165, 1.54) is 37.1 Å². The summed E-state index contributed by atoms with van der Waals surface area (Å²) in [6.45, 7) is 10.4. The van der Waals surface area contributed by atoms with E-state index in [1.807, 2.05) is 0 Å². The van der Waals surface area contributed by atoms with Crippen molar-refractivity contribution in [3.05, 3.63) is 0 Å². The van der Waals surface area contributed by atoms with Gasteiger partial charge in [0, 0.05) is 24.5 Å². The summed E-state index contributed by atoms with van der Waals surface area (Å²) in [4.78, 5) is 9.29. The van der Waals surface area contributed by atoms with Crippen LogP contribution in [0.5, 0.6) is 0 Å². The molecule has 0 saturated heterocycles. The molecule has 0 aliphatic carbocycles. The van der Waals surface area contributed by atoms with Gasteiger partial charge in [0.05, 0.1) is 0 Å². The van der Waals surface area contributed by atoms with Gasteiger partial charge in [-0.05, 0) is 66.2 Å². The minimum Gasteiger partial charge on any atom is -0.292 e. The minimum atomic E-state index is -0.271. The highest BCUT2D eigenvalue weighted by molar-refractivity contribution is 5.94. The van der Waals surface area contributed by atoms with Crippen LogP contribution in [0.4, 0.5) is 0 Å². The van der Waals surface area contributed by atoms with Crippen LogP contribution >= 0.6 is 24.8 Å². The molecule has 0 amide bonds. The van der Waals surface area contributed by atoms with Gasteiger partial charge in [-0.1, -0.05) is 0 Å². The molecule has 0 aromatic carbocycles. The van der Waals surface area contributed by atoms with Gasteiger partial charge >= 0.3 is 0 Å². The molecule has 0 fully saturated rings. The van der Waals surface area contributed by atoms with Crippen molar-refractivity contribution in [2.45, 2.75) is 77.3 Å². The summed E-state index contributed by atoms with van der Waals surface area (Å²) in [6.07, 6.45) is 7.00. The Morgan fingerprint density at radius 2 is 1.05 bits per heavy atom. The summed E-state index contributed by atoms with van der Waals surface area (Å²) in [5.74, 6) is 0. The third kappa shape index (κ3) is 5.62. The Morgan fingerprint density at radius 3 is 1.32 bits per heavy atom.